The average molecular weight is 744 g/mol. The van der Waals surface area contributed by atoms with Crippen LogP contribution < -0.4 is 0 Å². The van der Waals surface area contributed by atoms with E-state index in [4.69, 9.17) is 24.9 Å². The Hall–Kier alpha value is -7.89. The van der Waals surface area contributed by atoms with Crippen LogP contribution in [0.1, 0.15) is 5.82 Å². The van der Waals surface area contributed by atoms with Crippen LogP contribution in [0.2, 0.25) is 0 Å². The van der Waals surface area contributed by atoms with E-state index in [1.807, 2.05) is 84.9 Å². The molecule has 0 aliphatic heterocycles. The zero-order valence-electron chi connectivity index (χ0n) is 31.7. The molecule has 0 N–H and O–H groups in total. The summed E-state index contributed by atoms with van der Waals surface area (Å²) in [6.45, 7) is 7.81. The van der Waals surface area contributed by atoms with Crippen LogP contribution in [0.3, 0.4) is 0 Å². The lowest BCUT2D eigenvalue weighted by Gasteiger charge is -2.11. The van der Waals surface area contributed by atoms with Gasteiger partial charge in [0.15, 0.2) is 23.3 Å². The Morgan fingerprint density at radius 3 is 1.22 bits per heavy atom. The van der Waals surface area contributed by atoms with Gasteiger partial charge in [0.25, 0.3) is 0 Å². The minimum absolute atomic E-state index is 0.547. The van der Waals surface area contributed by atoms with Crippen molar-refractivity contribution < 1.29 is 0 Å². The van der Waals surface area contributed by atoms with Crippen molar-refractivity contribution in [3.63, 3.8) is 0 Å². The largest absolute Gasteiger partial charge is 0.228 e. The van der Waals surface area contributed by atoms with Crippen molar-refractivity contribution in [3.05, 3.63) is 219 Å². The molecule has 0 radical (unpaired) electrons. The first-order valence-electron chi connectivity index (χ1n) is 19.1. The van der Waals surface area contributed by atoms with Gasteiger partial charge < -0.3 is 0 Å². The monoisotopic (exact) mass is 743 g/mol. The predicted molar refractivity (Wildman–Crippen MR) is 239 cm³/mol. The van der Waals surface area contributed by atoms with E-state index < -0.39 is 0 Å². The molecule has 0 saturated heterocycles. The summed E-state index contributed by atoms with van der Waals surface area (Å²) in [6, 6.07) is 62.7. The van der Waals surface area contributed by atoms with E-state index in [0.717, 1.165) is 67.0 Å². The summed E-state index contributed by atoms with van der Waals surface area (Å²) >= 11 is 0. The Morgan fingerprint density at radius 1 is 0.345 bits per heavy atom. The Balaban J connectivity index is 1.01. The van der Waals surface area contributed by atoms with E-state index in [1.165, 1.54) is 10.8 Å². The zero-order chi connectivity index (χ0) is 39.3. The third-order valence-electron chi connectivity index (χ3n) is 10.1. The standard InChI is InChI=1S/C53H37N5/c1-3-14-36(4-2)50-56-52(43-19-12-7-13-20-43)58-53(57-50)44-29-23-38(24-30-44)46-32-26-39-25-31-45(33-47(39)34-46)37-21-27-41(28-22-37)49-35-48(40-15-8-5-9-16-40)54-51(55-49)42-17-10-6-11-18-42/h3-35H,1-2H2/b36-14+. The summed E-state index contributed by atoms with van der Waals surface area (Å²) in [5, 5.41) is 2.35. The first-order chi connectivity index (χ1) is 28.6. The number of allylic oxidation sites excluding steroid dienone is 4. The molecule has 0 bridgehead atoms. The van der Waals surface area contributed by atoms with Crippen molar-refractivity contribution in [2.24, 2.45) is 0 Å². The number of nitrogens with zero attached hydrogens (tertiary/aromatic N) is 5. The van der Waals surface area contributed by atoms with Crippen LogP contribution in [0.5, 0.6) is 0 Å². The minimum atomic E-state index is 0.547. The quantitative estimate of drug-likeness (QED) is 0.131. The fraction of sp³-hybridized carbons (Fsp3) is 0. The van der Waals surface area contributed by atoms with Crippen molar-refractivity contribution in [2.45, 2.75) is 0 Å². The van der Waals surface area contributed by atoms with Gasteiger partial charge in [-0.15, -0.1) is 0 Å². The number of rotatable bonds is 10. The second-order valence-corrected chi connectivity index (χ2v) is 13.9. The molecule has 274 valence electrons. The summed E-state index contributed by atoms with van der Waals surface area (Å²) in [5.74, 6) is 2.45. The highest BCUT2D eigenvalue weighted by Crippen LogP contribution is 2.33. The smallest absolute Gasteiger partial charge is 0.164 e. The summed E-state index contributed by atoms with van der Waals surface area (Å²) in [4.78, 5) is 24.4. The number of hydrogen-bond acceptors (Lipinski definition) is 5. The van der Waals surface area contributed by atoms with Gasteiger partial charge in [0.05, 0.1) is 11.4 Å². The molecule has 0 aliphatic carbocycles. The van der Waals surface area contributed by atoms with Crippen molar-refractivity contribution in [1.29, 1.82) is 0 Å². The Bertz CT molecular complexity index is 2880. The van der Waals surface area contributed by atoms with E-state index in [-0.39, 0.29) is 0 Å². The summed E-state index contributed by atoms with van der Waals surface area (Å²) < 4.78 is 0. The molecule has 0 atom stereocenters. The van der Waals surface area contributed by atoms with Gasteiger partial charge in [0, 0.05) is 33.4 Å². The van der Waals surface area contributed by atoms with Crippen molar-refractivity contribution >= 4 is 16.3 Å². The lowest BCUT2D eigenvalue weighted by Crippen LogP contribution is -2.02. The topological polar surface area (TPSA) is 64.5 Å². The number of fused-ring (bicyclic) bond motifs is 1. The molecular formula is C53H37N5. The Labute approximate surface area is 338 Å². The SMILES string of the molecule is C=C/C=C(\C=C)c1nc(-c2ccccc2)nc(-c2ccc(-c3ccc4ccc(-c5ccc(-c6cc(-c7ccccc7)nc(-c7ccccc7)n6)cc5)cc4c3)cc2)n1. The van der Waals surface area contributed by atoms with E-state index >= 15 is 0 Å². The molecule has 5 nitrogen and oxygen atoms in total. The lowest BCUT2D eigenvalue weighted by molar-refractivity contribution is 1.04. The molecule has 0 unspecified atom stereocenters. The van der Waals surface area contributed by atoms with Crippen LogP contribution >= 0.6 is 0 Å². The second-order valence-electron chi connectivity index (χ2n) is 13.9. The van der Waals surface area contributed by atoms with Gasteiger partial charge in [-0.05, 0) is 51.2 Å². The molecule has 9 aromatic rings. The van der Waals surface area contributed by atoms with E-state index in [2.05, 4.69) is 116 Å². The van der Waals surface area contributed by atoms with Gasteiger partial charge in [0.1, 0.15) is 0 Å². The highest BCUT2D eigenvalue weighted by Gasteiger charge is 2.14. The first kappa shape index (κ1) is 35.8. The van der Waals surface area contributed by atoms with Crippen molar-refractivity contribution in [2.75, 3.05) is 0 Å². The highest BCUT2D eigenvalue weighted by molar-refractivity contribution is 5.91. The lowest BCUT2D eigenvalue weighted by atomic mass is 9.96. The highest BCUT2D eigenvalue weighted by atomic mass is 15.0. The summed E-state index contributed by atoms with van der Waals surface area (Å²) in [5.41, 5.74) is 11.9. The molecule has 7 aromatic carbocycles. The van der Waals surface area contributed by atoms with Crippen LogP contribution in [0.4, 0.5) is 0 Å². The van der Waals surface area contributed by atoms with Gasteiger partial charge in [-0.1, -0.05) is 195 Å². The average Bonchev–Trinajstić information content (AvgIpc) is 3.31. The van der Waals surface area contributed by atoms with Gasteiger partial charge in [-0.25, -0.2) is 24.9 Å². The minimum Gasteiger partial charge on any atom is -0.228 e. The van der Waals surface area contributed by atoms with E-state index in [9.17, 15) is 0 Å². The maximum Gasteiger partial charge on any atom is 0.164 e. The zero-order valence-corrected chi connectivity index (χ0v) is 31.7. The number of aromatic nitrogens is 5. The van der Waals surface area contributed by atoms with Crippen LogP contribution in [0.15, 0.2) is 213 Å². The molecule has 9 rings (SSSR count). The van der Waals surface area contributed by atoms with Crippen LogP contribution in [-0.2, 0) is 0 Å². The molecule has 0 spiro atoms. The fourth-order valence-electron chi connectivity index (χ4n) is 7.03. The molecule has 5 heteroatoms. The number of benzene rings is 7. The molecule has 2 heterocycles. The van der Waals surface area contributed by atoms with Gasteiger partial charge >= 0.3 is 0 Å². The molecule has 58 heavy (non-hydrogen) atoms. The van der Waals surface area contributed by atoms with Gasteiger partial charge in [-0.2, -0.15) is 0 Å². The number of hydrogen-bond donors (Lipinski definition) is 0. The molecular weight excluding hydrogens is 707 g/mol. The third kappa shape index (κ3) is 7.53. The molecule has 0 saturated carbocycles. The fourth-order valence-corrected chi connectivity index (χ4v) is 7.03. The Morgan fingerprint density at radius 2 is 0.741 bits per heavy atom. The third-order valence-corrected chi connectivity index (χ3v) is 10.1. The summed E-state index contributed by atoms with van der Waals surface area (Å²) in [7, 11) is 0. The molecule has 0 amide bonds. The van der Waals surface area contributed by atoms with Crippen molar-refractivity contribution in [3.8, 4) is 78.9 Å². The molecule has 2 aromatic heterocycles. The van der Waals surface area contributed by atoms with E-state index in [0.29, 0.717) is 23.3 Å². The maximum atomic E-state index is 5.01. The normalized spacial score (nSPS) is 11.3. The van der Waals surface area contributed by atoms with Crippen LogP contribution in [0, 0.1) is 0 Å². The van der Waals surface area contributed by atoms with Crippen molar-refractivity contribution in [1.82, 2.24) is 24.9 Å². The van der Waals surface area contributed by atoms with Crippen LogP contribution in [0.25, 0.3) is 95.3 Å². The van der Waals surface area contributed by atoms with Gasteiger partial charge in [0.2, 0.25) is 0 Å². The van der Waals surface area contributed by atoms with Gasteiger partial charge in [-0.3, -0.25) is 0 Å². The van der Waals surface area contributed by atoms with E-state index in [1.54, 1.807) is 12.2 Å². The molecule has 0 aliphatic rings. The maximum absolute atomic E-state index is 5.01. The summed E-state index contributed by atoms with van der Waals surface area (Å²) in [6.07, 6.45) is 5.30. The van der Waals surface area contributed by atoms with Crippen LogP contribution in [-0.4, -0.2) is 24.9 Å². The molecule has 0 fully saturated rings. The Kier molecular flexibility index (Phi) is 9.91. The predicted octanol–water partition coefficient (Wildman–Crippen LogP) is 13.2. The second kappa shape index (κ2) is 16.1. The first-order valence-corrected chi connectivity index (χ1v) is 19.1.